The standard InChI is InChI=1S/C14H22N2O2/c1-8-5-11-12(6-8)14(18)16(13(11)17)10-4-3-9(2)15-7-10/h8-12,15H,3-7H2,1-2H3. The Kier molecular flexibility index (Phi) is 2.93. The maximum Gasteiger partial charge on any atom is 0.233 e. The van der Waals surface area contributed by atoms with Gasteiger partial charge in [0, 0.05) is 12.6 Å². The summed E-state index contributed by atoms with van der Waals surface area (Å²) in [4.78, 5) is 26.4. The Balaban J connectivity index is 1.75. The third-order valence-corrected chi connectivity index (χ3v) is 4.91. The molecule has 4 nitrogen and oxygen atoms in total. The highest BCUT2D eigenvalue weighted by Crippen LogP contribution is 2.43. The zero-order valence-corrected chi connectivity index (χ0v) is 11.2. The molecule has 1 saturated carbocycles. The van der Waals surface area contributed by atoms with Gasteiger partial charge in [0.05, 0.1) is 17.9 Å². The highest BCUT2D eigenvalue weighted by molar-refractivity contribution is 6.05. The lowest BCUT2D eigenvalue weighted by molar-refractivity contribution is -0.143. The van der Waals surface area contributed by atoms with E-state index in [0.29, 0.717) is 12.0 Å². The molecule has 4 atom stereocenters. The second-order valence-corrected chi connectivity index (χ2v) is 6.38. The van der Waals surface area contributed by atoms with Gasteiger partial charge < -0.3 is 5.32 Å². The number of hydrogen-bond donors (Lipinski definition) is 1. The smallest absolute Gasteiger partial charge is 0.233 e. The van der Waals surface area contributed by atoms with Crippen LogP contribution in [0.1, 0.15) is 39.5 Å². The second-order valence-electron chi connectivity index (χ2n) is 6.38. The van der Waals surface area contributed by atoms with E-state index in [2.05, 4.69) is 19.2 Å². The highest BCUT2D eigenvalue weighted by Gasteiger charge is 2.53. The highest BCUT2D eigenvalue weighted by atomic mass is 16.2. The lowest BCUT2D eigenvalue weighted by Crippen LogP contribution is -2.51. The predicted octanol–water partition coefficient (Wildman–Crippen LogP) is 1.16. The van der Waals surface area contributed by atoms with Gasteiger partial charge in [0.1, 0.15) is 0 Å². The molecule has 0 bridgehead atoms. The van der Waals surface area contributed by atoms with Crippen LogP contribution in [0.25, 0.3) is 0 Å². The Morgan fingerprint density at radius 3 is 2.17 bits per heavy atom. The van der Waals surface area contributed by atoms with E-state index in [4.69, 9.17) is 0 Å². The van der Waals surface area contributed by atoms with Crippen molar-refractivity contribution in [2.24, 2.45) is 17.8 Å². The summed E-state index contributed by atoms with van der Waals surface area (Å²) in [6.07, 6.45) is 3.82. The van der Waals surface area contributed by atoms with Crippen molar-refractivity contribution in [3.05, 3.63) is 0 Å². The van der Waals surface area contributed by atoms with Gasteiger partial charge in [0.15, 0.2) is 0 Å². The van der Waals surface area contributed by atoms with E-state index < -0.39 is 0 Å². The molecule has 0 aromatic rings. The lowest BCUT2D eigenvalue weighted by Gasteiger charge is -2.33. The van der Waals surface area contributed by atoms with Crippen molar-refractivity contribution in [1.82, 2.24) is 10.2 Å². The van der Waals surface area contributed by atoms with E-state index in [1.54, 1.807) is 4.90 Å². The van der Waals surface area contributed by atoms with E-state index in [-0.39, 0.29) is 29.7 Å². The normalized spacial score (nSPS) is 44.6. The molecule has 1 N–H and O–H groups in total. The molecular formula is C14H22N2O2. The molecule has 0 spiro atoms. The number of nitrogens with zero attached hydrogens (tertiary/aromatic N) is 1. The molecule has 0 aromatic carbocycles. The number of amides is 2. The summed E-state index contributed by atoms with van der Waals surface area (Å²) >= 11 is 0. The van der Waals surface area contributed by atoms with Crippen LogP contribution < -0.4 is 5.32 Å². The number of piperidine rings is 1. The summed E-state index contributed by atoms with van der Waals surface area (Å²) in [6.45, 7) is 5.07. The molecule has 100 valence electrons. The van der Waals surface area contributed by atoms with Crippen LogP contribution >= 0.6 is 0 Å². The van der Waals surface area contributed by atoms with Crippen molar-refractivity contribution < 1.29 is 9.59 Å². The number of rotatable bonds is 1. The molecule has 3 aliphatic rings. The monoisotopic (exact) mass is 250 g/mol. The molecule has 1 aliphatic carbocycles. The van der Waals surface area contributed by atoms with Gasteiger partial charge in [-0.2, -0.15) is 0 Å². The van der Waals surface area contributed by atoms with Crippen molar-refractivity contribution in [1.29, 1.82) is 0 Å². The first-order valence-corrected chi connectivity index (χ1v) is 7.18. The molecule has 0 aromatic heterocycles. The Morgan fingerprint density at radius 2 is 1.67 bits per heavy atom. The quantitative estimate of drug-likeness (QED) is 0.710. The minimum Gasteiger partial charge on any atom is -0.312 e. The Hall–Kier alpha value is -0.900. The summed E-state index contributed by atoms with van der Waals surface area (Å²) in [5.74, 6) is 0.727. The average Bonchev–Trinajstić information content (AvgIpc) is 2.82. The molecule has 2 aliphatic heterocycles. The number of carbonyl (C=O) groups excluding carboxylic acids is 2. The van der Waals surface area contributed by atoms with Crippen LogP contribution in [0.15, 0.2) is 0 Å². The van der Waals surface area contributed by atoms with E-state index in [9.17, 15) is 9.59 Å². The maximum absolute atomic E-state index is 12.4. The number of imide groups is 1. The summed E-state index contributed by atoms with van der Waals surface area (Å²) in [6, 6.07) is 0.607. The van der Waals surface area contributed by atoms with Gasteiger partial charge in [0.25, 0.3) is 0 Å². The van der Waals surface area contributed by atoms with Crippen LogP contribution in [0.5, 0.6) is 0 Å². The van der Waals surface area contributed by atoms with Gasteiger partial charge >= 0.3 is 0 Å². The molecule has 3 rings (SSSR count). The van der Waals surface area contributed by atoms with Crippen LogP contribution in [0, 0.1) is 17.8 Å². The van der Waals surface area contributed by atoms with E-state index in [0.717, 1.165) is 32.2 Å². The molecule has 4 unspecified atom stereocenters. The minimum absolute atomic E-state index is 0.00755. The fourth-order valence-electron chi connectivity index (χ4n) is 3.87. The largest absolute Gasteiger partial charge is 0.312 e. The maximum atomic E-state index is 12.4. The summed E-state index contributed by atoms with van der Waals surface area (Å²) in [5.41, 5.74) is 0. The van der Waals surface area contributed by atoms with Gasteiger partial charge in [-0.05, 0) is 38.5 Å². The zero-order valence-electron chi connectivity index (χ0n) is 11.2. The van der Waals surface area contributed by atoms with Gasteiger partial charge in [0.2, 0.25) is 11.8 Å². The third kappa shape index (κ3) is 1.78. The second kappa shape index (κ2) is 4.34. The Labute approximate surface area is 108 Å². The molecular weight excluding hydrogens is 228 g/mol. The van der Waals surface area contributed by atoms with Crippen LogP contribution in [-0.4, -0.2) is 35.3 Å². The van der Waals surface area contributed by atoms with E-state index in [1.165, 1.54) is 0 Å². The fourth-order valence-corrected chi connectivity index (χ4v) is 3.87. The molecule has 18 heavy (non-hydrogen) atoms. The number of nitrogens with one attached hydrogen (secondary N) is 1. The first-order chi connectivity index (χ1) is 8.58. The van der Waals surface area contributed by atoms with Crippen molar-refractivity contribution in [3.8, 4) is 0 Å². The van der Waals surface area contributed by atoms with Gasteiger partial charge in [-0.1, -0.05) is 6.92 Å². The van der Waals surface area contributed by atoms with Gasteiger partial charge in [-0.15, -0.1) is 0 Å². The minimum atomic E-state index is -0.00755. The Bertz CT molecular complexity index is 350. The number of carbonyl (C=O) groups is 2. The molecule has 3 fully saturated rings. The molecule has 0 radical (unpaired) electrons. The number of hydrogen-bond acceptors (Lipinski definition) is 3. The number of likely N-dealkylation sites (tertiary alicyclic amines) is 1. The fraction of sp³-hybridized carbons (Fsp3) is 0.857. The van der Waals surface area contributed by atoms with Crippen molar-refractivity contribution in [2.75, 3.05) is 6.54 Å². The van der Waals surface area contributed by atoms with Crippen LogP contribution in [-0.2, 0) is 9.59 Å². The SMILES string of the molecule is CC1CC2C(=O)N(C3CCC(C)NC3)C(=O)C2C1. The van der Waals surface area contributed by atoms with Crippen LogP contribution in [0.4, 0.5) is 0 Å². The van der Waals surface area contributed by atoms with Crippen molar-refractivity contribution in [2.45, 2.75) is 51.6 Å². The van der Waals surface area contributed by atoms with Crippen LogP contribution in [0.2, 0.25) is 0 Å². The topological polar surface area (TPSA) is 49.4 Å². The van der Waals surface area contributed by atoms with Crippen molar-refractivity contribution in [3.63, 3.8) is 0 Å². The summed E-state index contributed by atoms with van der Waals surface area (Å²) in [7, 11) is 0. The first kappa shape index (κ1) is 12.2. The van der Waals surface area contributed by atoms with Gasteiger partial charge in [-0.25, -0.2) is 0 Å². The number of fused-ring (bicyclic) bond motifs is 1. The molecule has 2 amide bonds. The summed E-state index contributed by atoms with van der Waals surface area (Å²) in [5, 5.41) is 3.38. The molecule has 2 heterocycles. The van der Waals surface area contributed by atoms with Gasteiger partial charge in [-0.3, -0.25) is 14.5 Å². The van der Waals surface area contributed by atoms with E-state index >= 15 is 0 Å². The van der Waals surface area contributed by atoms with Crippen LogP contribution in [0.3, 0.4) is 0 Å². The zero-order chi connectivity index (χ0) is 12.9. The molecule has 2 saturated heterocycles. The third-order valence-electron chi connectivity index (χ3n) is 4.91. The average molecular weight is 250 g/mol. The van der Waals surface area contributed by atoms with E-state index in [1.807, 2.05) is 0 Å². The first-order valence-electron chi connectivity index (χ1n) is 7.18. The summed E-state index contributed by atoms with van der Waals surface area (Å²) < 4.78 is 0. The molecule has 4 heteroatoms. The Morgan fingerprint density at radius 1 is 1.06 bits per heavy atom. The lowest BCUT2D eigenvalue weighted by atomic mass is 10.00. The van der Waals surface area contributed by atoms with Crippen molar-refractivity contribution >= 4 is 11.8 Å². The predicted molar refractivity (Wildman–Crippen MR) is 67.7 cm³/mol.